The zero-order valence-corrected chi connectivity index (χ0v) is 21.3. The van der Waals surface area contributed by atoms with Crippen LogP contribution in [0.5, 0.6) is 0 Å². The summed E-state index contributed by atoms with van der Waals surface area (Å²) in [5.74, 6) is 1.95. The SMILES string of the molecule is Cc1cc(S(=O)(=O)N2CCC(C)CC2)ccc1Nc1ncc2c(n1)N(C1CCCC1)C(=O)C21CC1. The van der Waals surface area contributed by atoms with Crippen LogP contribution in [0.15, 0.2) is 29.3 Å². The molecule has 9 heteroatoms. The molecule has 35 heavy (non-hydrogen) atoms. The quantitative estimate of drug-likeness (QED) is 0.666. The lowest BCUT2D eigenvalue weighted by atomic mass is 10.0. The Bertz CT molecular complexity index is 1280. The van der Waals surface area contributed by atoms with Gasteiger partial charge in [-0.3, -0.25) is 9.69 Å². The van der Waals surface area contributed by atoms with Gasteiger partial charge < -0.3 is 5.32 Å². The molecule has 186 valence electrons. The van der Waals surface area contributed by atoms with Crippen molar-refractivity contribution in [2.24, 2.45) is 5.92 Å². The van der Waals surface area contributed by atoms with Gasteiger partial charge in [0.1, 0.15) is 5.82 Å². The molecule has 1 aromatic heterocycles. The minimum atomic E-state index is -3.50. The predicted octanol–water partition coefficient (Wildman–Crippen LogP) is 4.27. The van der Waals surface area contributed by atoms with Gasteiger partial charge in [0.15, 0.2) is 0 Å². The van der Waals surface area contributed by atoms with E-state index in [2.05, 4.69) is 17.2 Å². The monoisotopic (exact) mass is 495 g/mol. The second-order valence-electron chi connectivity index (χ2n) is 10.8. The number of sulfonamides is 1. The van der Waals surface area contributed by atoms with Crippen LogP contribution in [-0.2, 0) is 20.2 Å². The molecular weight excluding hydrogens is 462 g/mol. The first-order chi connectivity index (χ1) is 16.8. The number of carbonyl (C=O) groups is 1. The Labute approximate surface area is 207 Å². The molecule has 1 saturated heterocycles. The van der Waals surface area contributed by atoms with Crippen molar-refractivity contribution in [1.82, 2.24) is 14.3 Å². The van der Waals surface area contributed by atoms with Gasteiger partial charge in [0.05, 0.1) is 10.3 Å². The molecule has 0 unspecified atom stereocenters. The number of nitrogens with one attached hydrogen (secondary N) is 1. The van der Waals surface area contributed by atoms with Crippen molar-refractivity contribution in [3.8, 4) is 0 Å². The minimum Gasteiger partial charge on any atom is -0.324 e. The number of hydrogen-bond donors (Lipinski definition) is 1. The van der Waals surface area contributed by atoms with Crippen molar-refractivity contribution in [1.29, 1.82) is 0 Å². The highest BCUT2D eigenvalue weighted by Gasteiger charge is 2.61. The molecule has 4 aliphatic rings. The smallest absolute Gasteiger partial charge is 0.243 e. The molecule has 1 spiro atoms. The number of fused-ring (bicyclic) bond motifs is 2. The summed E-state index contributed by atoms with van der Waals surface area (Å²) in [4.78, 5) is 24.9. The fourth-order valence-electron chi connectivity index (χ4n) is 5.94. The molecule has 0 radical (unpaired) electrons. The summed E-state index contributed by atoms with van der Waals surface area (Å²) in [5, 5.41) is 3.27. The summed E-state index contributed by atoms with van der Waals surface area (Å²) >= 11 is 0. The number of nitrogens with zero attached hydrogens (tertiary/aromatic N) is 4. The average molecular weight is 496 g/mol. The highest BCUT2D eigenvalue weighted by atomic mass is 32.2. The van der Waals surface area contributed by atoms with E-state index in [1.807, 2.05) is 18.0 Å². The molecule has 1 aromatic carbocycles. The van der Waals surface area contributed by atoms with Crippen molar-refractivity contribution in [2.45, 2.75) is 81.6 Å². The van der Waals surface area contributed by atoms with E-state index in [4.69, 9.17) is 4.98 Å². The molecule has 8 nitrogen and oxygen atoms in total. The Balaban J connectivity index is 1.26. The highest BCUT2D eigenvalue weighted by molar-refractivity contribution is 7.89. The lowest BCUT2D eigenvalue weighted by Gasteiger charge is -2.29. The van der Waals surface area contributed by atoms with Gasteiger partial charge in [-0.2, -0.15) is 9.29 Å². The van der Waals surface area contributed by atoms with E-state index in [1.165, 1.54) is 0 Å². The maximum Gasteiger partial charge on any atom is 0.243 e. The van der Waals surface area contributed by atoms with Gasteiger partial charge in [-0.15, -0.1) is 0 Å². The third-order valence-electron chi connectivity index (χ3n) is 8.41. The molecule has 1 amide bonds. The van der Waals surface area contributed by atoms with Crippen molar-refractivity contribution in [3.05, 3.63) is 35.5 Å². The van der Waals surface area contributed by atoms with Crippen LogP contribution in [0.25, 0.3) is 0 Å². The molecule has 3 fully saturated rings. The summed E-state index contributed by atoms with van der Waals surface area (Å²) in [7, 11) is -3.50. The van der Waals surface area contributed by atoms with Crippen molar-refractivity contribution in [2.75, 3.05) is 23.3 Å². The first-order valence-corrected chi connectivity index (χ1v) is 14.3. The molecule has 2 aliphatic heterocycles. The van der Waals surface area contributed by atoms with Gasteiger partial charge in [-0.25, -0.2) is 13.4 Å². The number of benzene rings is 1. The highest BCUT2D eigenvalue weighted by Crippen LogP contribution is 2.57. The number of amides is 1. The Morgan fingerprint density at radius 3 is 2.46 bits per heavy atom. The van der Waals surface area contributed by atoms with Gasteiger partial charge in [0.2, 0.25) is 21.9 Å². The van der Waals surface area contributed by atoms with Gasteiger partial charge in [0.25, 0.3) is 0 Å². The standard InChI is InChI=1S/C26H33N5O3S/c1-17-9-13-30(14-10-17)35(33,34)20-7-8-22(18(2)15-20)28-25-27-16-21-23(29-25)31(19-5-3-4-6-19)24(32)26(21)11-12-26/h7-8,15-17,19H,3-6,9-14H2,1-2H3,(H,27,28,29). The van der Waals surface area contributed by atoms with Gasteiger partial charge in [-0.1, -0.05) is 19.8 Å². The number of carbonyl (C=O) groups excluding carboxylic acids is 1. The number of aromatic nitrogens is 2. The number of aryl methyl sites for hydroxylation is 1. The van der Waals surface area contributed by atoms with E-state index in [-0.39, 0.29) is 11.9 Å². The first-order valence-electron chi connectivity index (χ1n) is 12.9. The molecule has 2 saturated carbocycles. The second-order valence-corrected chi connectivity index (χ2v) is 12.8. The van der Waals surface area contributed by atoms with Crippen LogP contribution in [0.4, 0.5) is 17.5 Å². The lowest BCUT2D eigenvalue weighted by Crippen LogP contribution is -2.39. The maximum atomic E-state index is 13.3. The molecule has 3 heterocycles. The molecule has 1 N–H and O–H groups in total. The summed E-state index contributed by atoms with van der Waals surface area (Å²) in [6.07, 6.45) is 9.72. The zero-order valence-electron chi connectivity index (χ0n) is 20.5. The first kappa shape index (κ1) is 22.9. The van der Waals surface area contributed by atoms with Crippen molar-refractivity contribution in [3.63, 3.8) is 0 Å². The molecule has 2 aliphatic carbocycles. The van der Waals surface area contributed by atoms with E-state index in [0.717, 1.165) is 74.0 Å². The lowest BCUT2D eigenvalue weighted by molar-refractivity contribution is -0.120. The van der Waals surface area contributed by atoms with Crippen molar-refractivity contribution < 1.29 is 13.2 Å². The second kappa shape index (κ2) is 8.27. The fraction of sp³-hybridized carbons (Fsp3) is 0.577. The maximum absolute atomic E-state index is 13.3. The van der Waals surface area contributed by atoms with Crippen LogP contribution >= 0.6 is 0 Å². The Kier molecular flexibility index (Phi) is 5.41. The molecule has 6 rings (SSSR count). The van der Waals surface area contributed by atoms with Crippen LogP contribution in [0.1, 0.15) is 69.4 Å². The average Bonchev–Trinajstić information content (AvgIpc) is 3.40. The number of piperidine rings is 1. The van der Waals surface area contributed by atoms with Gasteiger partial charge in [-0.05, 0) is 75.1 Å². The normalized spacial score (nSPS) is 22.7. The molecule has 0 atom stereocenters. The van der Waals surface area contributed by atoms with Crippen molar-refractivity contribution >= 4 is 33.4 Å². The van der Waals surface area contributed by atoms with Gasteiger partial charge >= 0.3 is 0 Å². The molecule has 0 bridgehead atoms. The summed E-state index contributed by atoms with van der Waals surface area (Å²) in [5.41, 5.74) is 2.14. The number of anilines is 3. The summed E-state index contributed by atoms with van der Waals surface area (Å²) < 4.78 is 27.9. The van der Waals surface area contributed by atoms with E-state index in [0.29, 0.717) is 29.9 Å². The van der Waals surface area contributed by atoms with Crippen LogP contribution in [0.3, 0.4) is 0 Å². The largest absolute Gasteiger partial charge is 0.324 e. The molecular formula is C26H33N5O3S. The third-order valence-corrected chi connectivity index (χ3v) is 10.3. The van der Waals surface area contributed by atoms with Gasteiger partial charge in [0, 0.05) is 36.6 Å². The Hall–Kier alpha value is -2.52. The van der Waals surface area contributed by atoms with E-state index < -0.39 is 15.4 Å². The zero-order chi connectivity index (χ0) is 24.4. The van der Waals surface area contributed by atoms with Crippen LogP contribution < -0.4 is 10.2 Å². The van der Waals surface area contributed by atoms with Crippen LogP contribution in [-0.4, -0.2) is 47.7 Å². The third kappa shape index (κ3) is 3.74. The minimum absolute atomic E-state index is 0.198. The summed E-state index contributed by atoms with van der Waals surface area (Å²) in [6, 6.07) is 5.39. The Morgan fingerprint density at radius 1 is 1.09 bits per heavy atom. The van der Waals surface area contributed by atoms with Crippen LogP contribution in [0.2, 0.25) is 0 Å². The topological polar surface area (TPSA) is 95.5 Å². The van der Waals surface area contributed by atoms with E-state index in [9.17, 15) is 13.2 Å². The fourth-order valence-corrected chi connectivity index (χ4v) is 7.49. The van der Waals surface area contributed by atoms with E-state index >= 15 is 0 Å². The summed E-state index contributed by atoms with van der Waals surface area (Å²) in [6.45, 7) is 5.20. The predicted molar refractivity (Wildman–Crippen MR) is 134 cm³/mol. The molecule has 2 aromatic rings. The number of hydrogen-bond acceptors (Lipinski definition) is 6. The number of rotatable bonds is 5. The van der Waals surface area contributed by atoms with Crippen LogP contribution in [0, 0.1) is 12.8 Å². The van der Waals surface area contributed by atoms with E-state index in [1.54, 1.807) is 22.5 Å². The Morgan fingerprint density at radius 2 is 1.80 bits per heavy atom.